The summed E-state index contributed by atoms with van der Waals surface area (Å²) in [5, 5.41) is 20.2. The Balaban J connectivity index is 0.000000197. The van der Waals surface area contributed by atoms with Gasteiger partial charge in [0.25, 0.3) is 0 Å². The molecule has 1 aromatic rings. The zero-order valence-corrected chi connectivity index (χ0v) is 14.3. The second-order valence-electron chi connectivity index (χ2n) is 6.64. The summed E-state index contributed by atoms with van der Waals surface area (Å²) in [6, 6.07) is 8.91. The maximum absolute atomic E-state index is 9.55. The molecule has 1 saturated carbocycles. The van der Waals surface area contributed by atoms with Gasteiger partial charge in [-0.15, -0.1) is 0 Å². The van der Waals surface area contributed by atoms with Gasteiger partial charge >= 0.3 is 11.9 Å². The number of nitrogens with one attached hydrogen (secondary N) is 1. The largest absolute Gasteiger partial charge is 0.478 e. The molecule has 4 rings (SSSR count). The topological polar surface area (TPSA) is 86.6 Å². The van der Waals surface area contributed by atoms with Gasteiger partial charge < -0.3 is 15.5 Å². The molecular formula is C19H20ClNO4. The van der Waals surface area contributed by atoms with Crippen molar-refractivity contribution in [1.29, 1.82) is 0 Å². The third kappa shape index (κ3) is 3.94. The molecule has 6 heteroatoms. The molecule has 0 spiro atoms. The van der Waals surface area contributed by atoms with Crippen LogP contribution in [-0.4, -0.2) is 28.7 Å². The summed E-state index contributed by atoms with van der Waals surface area (Å²) >= 11 is 5.96. The Kier molecular flexibility index (Phi) is 5.25. The van der Waals surface area contributed by atoms with Crippen molar-refractivity contribution < 1.29 is 19.8 Å². The maximum atomic E-state index is 9.55. The van der Waals surface area contributed by atoms with E-state index in [1.165, 1.54) is 18.5 Å². The highest BCUT2D eigenvalue weighted by Gasteiger charge is 2.51. The highest BCUT2D eigenvalue weighted by Crippen LogP contribution is 2.55. The van der Waals surface area contributed by atoms with Gasteiger partial charge in [0.05, 0.1) is 0 Å². The van der Waals surface area contributed by atoms with Gasteiger partial charge in [0, 0.05) is 23.2 Å². The minimum absolute atomic E-state index is 0.539. The summed E-state index contributed by atoms with van der Waals surface area (Å²) in [5.41, 5.74) is 1.41. The van der Waals surface area contributed by atoms with E-state index in [2.05, 4.69) is 29.6 Å². The first-order chi connectivity index (χ1) is 12.0. The minimum atomic E-state index is -1.26. The van der Waals surface area contributed by atoms with Gasteiger partial charge in [-0.25, -0.2) is 9.59 Å². The number of carboxylic acid groups (broad SMARTS) is 2. The molecular weight excluding hydrogens is 342 g/mol. The van der Waals surface area contributed by atoms with Crippen molar-refractivity contribution in [3.8, 4) is 0 Å². The Morgan fingerprint density at radius 3 is 2.24 bits per heavy atom. The number of hydrogen-bond acceptors (Lipinski definition) is 3. The molecule has 3 aliphatic rings. The fourth-order valence-corrected chi connectivity index (χ4v) is 4.42. The number of allylic oxidation sites excluding steroid dienone is 2. The predicted molar refractivity (Wildman–Crippen MR) is 94.3 cm³/mol. The van der Waals surface area contributed by atoms with Gasteiger partial charge in [-0.2, -0.15) is 0 Å². The number of rotatable bonds is 3. The number of benzene rings is 1. The minimum Gasteiger partial charge on any atom is -0.478 e. The lowest BCUT2D eigenvalue weighted by Gasteiger charge is -2.25. The molecule has 1 heterocycles. The molecule has 1 saturated heterocycles. The molecule has 0 aromatic heterocycles. The molecule has 1 aliphatic heterocycles. The van der Waals surface area contributed by atoms with E-state index in [1.807, 2.05) is 12.1 Å². The third-order valence-corrected chi connectivity index (χ3v) is 5.50. The van der Waals surface area contributed by atoms with Gasteiger partial charge in [-0.3, -0.25) is 0 Å². The van der Waals surface area contributed by atoms with E-state index in [0.717, 1.165) is 28.7 Å². The Bertz CT molecular complexity index is 697. The van der Waals surface area contributed by atoms with Crippen molar-refractivity contribution in [2.45, 2.75) is 12.5 Å². The van der Waals surface area contributed by atoms with Crippen LogP contribution in [0.4, 0.5) is 0 Å². The molecule has 0 amide bonds. The molecule has 2 aliphatic carbocycles. The van der Waals surface area contributed by atoms with E-state index in [0.29, 0.717) is 18.2 Å². The van der Waals surface area contributed by atoms with Crippen LogP contribution in [-0.2, 0) is 9.59 Å². The van der Waals surface area contributed by atoms with Crippen LogP contribution in [0, 0.1) is 23.7 Å². The summed E-state index contributed by atoms with van der Waals surface area (Å²) in [6.45, 7) is 1.18. The smallest absolute Gasteiger partial charge is 0.328 e. The van der Waals surface area contributed by atoms with E-state index in [4.69, 9.17) is 21.8 Å². The van der Waals surface area contributed by atoms with Crippen LogP contribution in [0.5, 0.6) is 0 Å². The molecule has 2 bridgehead atoms. The number of carboxylic acids is 2. The van der Waals surface area contributed by atoms with Crippen molar-refractivity contribution in [1.82, 2.24) is 5.32 Å². The first kappa shape index (κ1) is 17.7. The fraction of sp³-hybridized carbons (Fsp3) is 0.368. The van der Waals surface area contributed by atoms with Crippen LogP contribution in [0.15, 0.2) is 48.6 Å². The number of halogens is 1. The molecule has 132 valence electrons. The van der Waals surface area contributed by atoms with Gasteiger partial charge in [0.2, 0.25) is 0 Å². The third-order valence-electron chi connectivity index (χ3n) is 5.24. The summed E-state index contributed by atoms with van der Waals surface area (Å²) < 4.78 is 0. The van der Waals surface area contributed by atoms with Gasteiger partial charge in [-0.05, 0) is 54.3 Å². The Morgan fingerprint density at radius 1 is 1.04 bits per heavy atom. The van der Waals surface area contributed by atoms with Crippen LogP contribution >= 0.6 is 11.6 Å². The van der Waals surface area contributed by atoms with E-state index < -0.39 is 11.9 Å². The SMILES string of the molecule is Clc1ccc(C2NCC3C4C=CC(C4)C23)cc1.O=C(O)/C=C/C(=O)O. The Hall–Kier alpha value is -2.11. The lowest BCUT2D eigenvalue weighted by molar-refractivity contribution is -0.134. The van der Waals surface area contributed by atoms with Crippen LogP contribution in [0.1, 0.15) is 18.0 Å². The first-order valence-corrected chi connectivity index (χ1v) is 8.64. The molecule has 5 atom stereocenters. The molecule has 1 aromatic carbocycles. The quantitative estimate of drug-likeness (QED) is 0.568. The van der Waals surface area contributed by atoms with E-state index in [9.17, 15) is 9.59 Å². The molecule has 5 nitrogen and oxygen atoms in total. The summed E-state index contributed by atoms with van der Waals surface area (Å²) in [4.78, 5) is 19.1. The van der Waals surface area contributed by atoms with Crippen LogP contribution in [0.25, 0.3) is 0 Å². The lowest BCUT2D eigenvalue weighted by atomic mass is 9.80. The second-order valence-corrected chi connectivity index (χ2v) is 7.07. The molecule has 0 radical (unpaired) electrons. The summed E-state index contributed by atoms with van der Waals surface area (Å²) in [5.74, 6) is 0.812. The summed E-state index contributed by atoms with van der Waals surface area (Å²) in [6.07, 6.45) is 7.39. The highest BCUT2D eigenvalue weighted by molar-refractivity contribution is 6.30. The number of hydrogen-bond donors (Lipinski definition) is 3. The summed E-state index contributed by atoms with van der Waals surface area (Å²) in [7, 11) is 0. The standard InChI is InChI=1S/C15H16ClN.C4H4O4/c16-12-5-3-9(4-6-12)15-14-11-2-1-10(7-11)13(14)8-17-15;5-3(6)1-2-4(7)8/h1-6,10-11,13-15,17H,7-8H2;1-2H,(H,5,6)(H,7,8)/b;2-1+. The van der Waals surface area contributed by atoms with E-state index in [1.54, 1.807) is 0 Å². The van der Waals surface area contributed by atoms with Crippen LogP contribution < -0.4 is 5.32 Å². The van der Waals surface area contributed by atoms with Crippen LogP contribution in [0.3, 0.4) is 0 Å². The average Bonchev–Trinajstić information content (AvgIpc) is 3.27. The van der Waals surface area contributed by atoms with E-state index in [-0.39, 0.29) is 0 Å². The van der Waals surface area contributed by atoms with Crippen molar-refractivity contribution in [3.63, 3.8) is 0 Å². The van der Waals surface area contributed by atoms with Crippen LogP contribution in [0.2, 0.25) is 5.02 Å². The molecule has 5 unspecified atom stereocenters. The van der Waals surface area contributed by atoms with Gasteiger partial charge in [0.15, 0.2) is 0 Å². The first-order valence-electron chi connectivity index (χ1n) is 8.27. The van der Waals surface area contributed by atoms with Crippen molar-refractivity contribution in [2.24, 2.45) is 23.7 Å². The zero-order valence-electron chi connectivity index (χ0n) is 13.5. The van der Waals surface area contributed by atoms with Gasteiger partial charge in [0.1, 0.15) is 0 Å². The van der Waals surface area contributed by atoms with E-state index >= 15 is 0 Å². The second kappa shape index (κ2) is 7.42. The zero-order chi connectivity index (χ0) is 18.0. The number of aliphatic carboxylic acids is 2. The van der Waals surface area contributed by atoms with Crippen molar-refractivity contribution in [3.05, 3.63) is 59.2 Å². The normalized spacial score (nSPS) is 31.6. The fourth-order valence-electron chi connectivity index (χ4n) is 4.30. The number of fused-ring (bicyclic) bond motifs is 5. The van der Waals surface area contributed by atoms with Gasteiger partial charge in [-0.1, -0.05) is 35.9 Å². The highest BCUT2D eigenvalue weighted by atomic mass is 35.5. The predicted octanol–water partition coefficient (Wildman–Crippen LogP) is 3.13. The maximum Gasteiger partial charge on any atom is 0.328 e. The molecule has 3 N–H and O–H groups in total. The van der Waals surface area contributed by atoms with Crippen molar-refractivity contribution in [2.75, 3.05) is 6.54 Å². The van der Waals surface area contributed by atoms with Crippen molar-refractivity contribution >= 4 is 23.5 Å². The monoisotopic (exact) mass is 361 g/mol. The molecule has 25 heavy (non-hydrogen) atoms. The number of carbonyl (C=O) groups is 2. The average molecular weight is 362 g/mol. The lowest BCUT2D eigenvalue weighted by Crippen LogP contribution is -2.21. The molecule has 2 fully saturated rings. The Morgan fingerprint density at radius 2 is 1.64 bits per heavy atom. The Labute approximate surface area is 151 Å².